The number of amides is 1. The molecule has 0 spiro atoms. The highest BCUT2D eigenvalue weighted by atomic mass is 35.5. The minimum Gasteiger partial charge on any atom is -0.337 e. The maximum absolute atomic E-state index is 12.9. The predicted octanol–water partition coefficient (Wildman–Crippen LogP) is 4.74. The molecule has 1 aromatic heterocycles. The van der Waals surface area contributed by atoms with E-state index in [4.69, 9.17) is 11.6 Å². The van der Waals surface area contributed by atoms with E-state index in [1.807, 2.05) is 0 Å². The number of benzene rings is 1. The summed E-state index contributed by atoms with van der Waals surface area (Å²) in [5.41, 5.74) is 0.425. The highest BCUT2D eigenvalue weighted by Crippen LogP contribution is 2.35. The Hall–Kier alpha value is -1.90. The molecule has 1 amide bonds. The van der Waals surface area contributed by atoms with Crippen molar-refractivity contribution < 1.29 is 18.0 Å². The van der Waals surface area contributed by atoms with Crippen molar-refractivity contribution in [2.75, 3.05) is 26.2 Å². The lowest BCUT2D eigenvalue weighted by Crippen LogP contribution is -2.47. The van der Waals surface area contributed by atoms with Gasteiger partial charge in [0.05, 0.1) is 21.3 Å². The van der Waals surface area contributed by atoms with Crippen LogP contribution in [0.4, 0.5) is 13.2 Å². The van der Waals surface area contributed by atoms with Gasteiger partial charge in [-0.2, -0.15) is 13.2 Å². The van der Waals surface area contributed by atoms with E-state index in [0.717, 1.165) is 42.8 Å². The van der Waals surface area contributed by atoms with E-state index in [1.54, 1.807) is 16.2 Å². The molecule has 1 aliphatic rings. The van der Waals surface area contributed by atoms with Crippen LogP contribution in [0.5, 0.6) is 0 Å². The number of hydrogen-bond donors (Lipinski definition) is 0. The Morgan fingerprint density at radius 2 is 2.00 bits per heavy atom. The molecule has 156 valence electrons. The fraction of sp³-hybridized carbons (Fsp3) is 0.400. The van der Waals surface area contributed by atoms with Gasteiger partial charge in [-0.25, -0.2) is 4.98 Å². The van der Waals surface area contributed by atoms with Gasteiger partial charge < -0.3 is 4.90 Å². The lowest BCUT2D eigenvalue weighted by molar-refractivity contribution is -0.137. The molecule has 0 N–H and O–H groups in total. The second kappa shape index (κ2) is 9.28. The van der Waals surface area contributed by atoms with E-state index >= 15 is 0 Å². The molecule has 9 heteroatoms. The number of carbonyl (C=O) groups is 1. The van der Waals surface area contributed by atoms with Crippen molar-refractivity contribution in [3.63, 3.8) is 0 Å². The van der Waals surface area contributed by atoms with E-state index in [-0.39, 0.29) is 16.5 Å². The Bertz CT molecular complexity index is 889. The van der Waals surface area contributed by atoms with E-state index in [9.17, 15) is 18.0 Å². The molecule has 0 radical (unpaired) electrons. The third-order valence-corrected chi connectivity index (χ3v) is 6.06. The monoisotopic (exact) mass is 443 g/mol. The topological polar surface area (TPSA) is 36.4 Å². The molecule has 1 fully saturated rings. The molecule has 4 nitrogen and oxygen atoms in total. The number of piperazine rings is 1. The lowest BCUT2D eigenvalue weighted by atomic mass is 10.1. The fourth-order valence-corrected chi connectivity index (χ4v) is 4.04. The maximum Gasteiger partial charge on any atom is 0.417 e. The Morgan fingerprint density at radius 3 is 2.62 bits per heavy atom. The molecule has 3 rings (SSSR count). The second-order valence-electron chi connectivity index (χ2n) is 6.76. The first-order valence-electron chi connectivity index (χ1n) is 9.25. The summed E-state index contributed by atoms with van der Waals surface area (Å²) in [7, 11) is 0. The average Bonchev–Trinajstić information content (AvgIpc) is 3.14. The van der Waals surface area contributed by atoms with Gasteiger partial charge in [-0.05, 0) is 30.2 Å². The van der Waals surface area contributed by atoms with Crippen LogP contribution in [-0.2, 0) is 23.9 Å². The Balaban J connectivity index is 1.54. The van der Waals surface area contributed by atoms with Gasteiger partial charge in [-0.1, -0.05) is 24.6 Å². The SMILES string of the molecule is CCc1nc(CN2CCN(C(=O)/C=C/c3ccc(Cl)c(C(F)(F)F)c3)CC2)cs1. The molecule has 0 unspecified atom stereocenters. The second-order valence-corrected chi connectivity index (χ2v) is 8.11. The van der Waals surface area contributed by atoms with Crippen LogP contribution in [0.3, 0.4) is 0 Å². The number of aryl methyl sites for hydroxylation is 1. The third kappa shape index (κ3) is 5.81. The fourth-order valence-electron chi connectivity index (χ4n) is 3.08. The Morgan fingerprint density at radius 1 is 1.28 bits per heavy atom. The van der Waals surface area contributed by atoms with Crippen LogP contribution in [0, 0.1) is 0 Å². The van der Waals surface area contributed by atoms with Crippen molar-refractivity contribution in [2.45, 2.75) is 26.1 Å². The molecule has 0 saturated carbocycles. The number of rotatable bonds is 5. The summed E-state index contributed by atoms with van der Waals surface area (Å²) in [6.07, 6.45) is -0.900. The van der Waals surface area contributed by atoms with Crippen molar-refractivity contribution in [1.82, 2.24) is 14.8 Å². The quantitative estimate of drug-likeness (QED) is 0.626. The van der Waals surface area contributed by atoms with Gasteiger partial charge >= 0.3 is 6.18 Å². The van der Waals surface area contributed by atoms with E-state index < -0.39 is 11.7 Å². The van der Waals surface area contributed by atoms with Crippen LogP contribution < -0.4 is 0 Å². The summed E-state index contributed by atoms with van der Waals surface area (Å²) < 4.78 is 38.8. The summed E-state index contributed by atoms with van der Waals surface area (Å²) >= 11 is 7.28. The number of nitrogens with zero attached hydrogens (tertiary/aromatic N) is 3. The first kappa shape index (κ1) is 21.8. The van der Waals surface area contributed by atoms with Crippen LogP contribution in [0.25, 0.3) is 6.08 Å². The molecule has 2 heterocycles. The number of aromatic nitrogens is 1. The van der Waals surface area contributed by atoms with Crippen LogP contribution in [0.1, 0.15) is 28.8 Å². The van der Waals surface area contributed by atoms with Crippen molar-refractivity contribution in [3.8, 4) is 0 Å². The molecular weight excluding hydrogens is 423 g/mol. The predicted molar refractivity (Wildman–Crippen MR) is 109 cm³/mol. The van der Waals surface area contributed by atoms with Gasteiger partial charge in [-0.3, -0.25) is 9.69 Å². The number of thiazole rings is 1. The van der Waals surface area contributed by atoms with Crippen molar-refractivity contribution in [2.24, 2.45) is 0 Å². The number of carbonyl (C=O) groups excluding carboxylic acids is 1. The summed E-state index contributed by atoms with van der Waals surface area (Å²) in [5.74, 6) is -0.213. The number of halogens is 4. The van der Waals surface area contributed by atoms with E-state index in [1.165, 1.54) is 24.3 Å². The summed E-state index contributed by atoms with van der Waals surface area (Å²) in [6.45, 7) is 5.45. The van der Waals surface area contributed by atoms with Crippen LogP contribution >= 0.6 is 22.9 Å². The van der Waals surface area contributed by atoms with Crippen molar-refractivity contribution in [1.29, 1.82) is 0 Å². The van der Waals surface area contributed by atoms with Crippen molar-refractivity contribution >= 4 is 34.9 Å². The van der Waals surface area contributed by atoms with Gasteiger partial charge in [-0.15, -0.1) is 11.3 Å². The average molecular weight is 444 g/mol. The normalized spacial score (nSPS) is 16.0. The summed E-state index contributed by atoms with van der Waals surface area (Å²) in [5, 5.41) is 2.83. The zero-order valence-electron chi connectivity index (χ0n) is 15.9. The third-order valence-electron chi connectivity index (χ3n) is 4.69. The highest BCUT2D eigenvalue weighted by Gasteiger charge is 2.33. The Labute approximate surface area is 176 Å². The van der Waals surface area contributed by atoms with Crippen molar-refractivity contribution in [3.05, 3.63) is 56.5 Å². The molecule has 0 atom stereocenters. The standard InChI is InChI=1S/C20H21ClF3N3OS/c1-2-18-25-15(13-29-18)12-26-7-9-27(10-8-26)19(28)6-4-14-3-5-17(21)16(11-14)20(22,23)24/h3-6,11,13H,2,7-10,12H2,1H3/b6-4+. The maximum atomic E-state index is 12.9. The molecule has 1 saturated heterocycles. The number of alkyl halides is 3. The molecule has 1 aliphatic heterocycles. The van der Waals surface area contributed by atoms with Gasteiger partial charge in [0, 0.05) is 44.2 Å². The lowest BCUT2D eigenvalue weighted by Gasteiger charge is -2.33. The van der Waals surface area contributed by atoms with Gasteiger partial charge in [0.25, 0.3) is 0 Å². The zero-order valence-corrected chi connectivity index (χ0v) is 17.4. The minimum absolute atomic E-state index is 0.213. The van der Waals surface area contributed by atoms with Crippen LogP contribution in [0.15, 0.2) is 29.7 Å². The first-order chi connectivity index (χ1) is 13.8. The molecule has 0 aliphatic carbocycles. The minimum atomic E-state index is -4.53. The van der Waals surface area contributed by atoms with E-state index in [2.05, 4.69) is 22.2 Å². The molecule has 29 heavy (non-hydrogen) atoms. The summed E-state index contributed by atoms with van der Waals surface area (Å²) in [6, 6.07) is 3.59. The molecular formula is C20H21ClF3N3OS. The smallest absolute Gasteiger partial charge is 0.337 e. The first-order valence-corrected chi connectivity index (χ1v) is 10.5. The van der Waals surface area contributed by atoms with Gasteiger partial charge in [0.1, 0.15) is 0 Å². The van der Waals surface area contributed by atoms with Crippen LogP contribution in [-0.4, -0.2) is 46.9 Å². The molecule has 2 aromatic rings. The molecule has 1 aromatic carbocycles. The number of hydrogen-bond acceptors (Lipinski definition) is 4. The largest absolute Gasteiger partial charge is 0.417 e. The Kier molecular flexibility index (Phi) is 6.97. The van der Waals surface area contributed by atoms with Gasteiger partial charge in [0.15, 0.2) is 0 Å². The zero-order chi connectivity index (χ0) is 21.0. The van der Waals surface area contributed by atoms with Crippen LogP contribution in [0.2, 0.25) is 5.02 Å². The van der Waals surface area contributed by atoms with Gasteiger partial charge in [0.2, 0.25) is 5.91 Å². The summed E-state index contributed by atoms with van der Waals surface area (Å²) in [4.78, 5) is 20.9. The molecule has 0 bridgehead atoms. The highest BCUT2D eigenvalue weighted by molar-refractivity contribution is 7.09. The van der Waals surface area contributed by atoms with E-state index in [0.29, 0.717) is 13.1 Å².